The van der Waals surface area contributed by atoms with Gasteiger partial charge in [0.15, 0.2) is 0 Å². The number of pyridine rings is 1. The minimum atomic E-state index is 0.813. The van der Waals surface area contributed by atoms with Gasteiger partial charge in [0.25, 0.3) is 0 Å². The second-order valence-electron chi connectivity index (χ2n) is 4.49. The summed E-state index contributed by atoms with van der Waals surface area (Å²) in [5.74, 6) is 0.863. The monoisotopic (exact) mass is 255 g/mol. The Hall–Kier alpha value is -2.07. The Kier molecular flexibility index (Phi) is 3.61. The van der Waals surface area contributed by atoms with Gasteiger partial charge in [-0.05, 0) is 36.4 Å². The number of rotatable bonds is 3. The van der Waals surface area contributed by atoms with Gasteiger partial charge in [-0.15, -0.1) is 0 Å². The Labute approximate surface area is 113 Å². The molecule has 2 aromatic rings. The van der Waals surface area contributed by atoms with Gasteiger partial charge in [0, 0.05) is 30.7 Å². The van der Waals surface area contributed by atoms with Crippen LogP contribution >= 0.6 is 0 Å². The molecule has 4 nitrogen and oxygen atoms in total. The molecule has 0 bridgehead atoms. The largest absolute Gasteiger partial charge is 0.378 e. The van der Waals surface area contributed by atoms with Gasteiger partial charge in [-0.1, -0.05) is 6.07 Å². The first-order valence-electron chi connectivity index (χ1n) is 6.53. The van der Waals surface area contributed by atoms with Gasteiger partial charge >= 0.3 is 0 Å². The Morgan fingerprint density at radius 1 is 1.00 bits per heavy atom. The lowest BCUT2D eigenvalue weighted by Gasteiger charge is -2.28. The second-order valence-corrected chi connectivity index (χ2v) is 4.49. The standard InChI is InChI=1S/C15H17N3O/c1-2-8-16-15(3-1)17-13-4-6-14(7-5-13)18-9-11-19-12-10-18/h1-8H,9-12H2,(H,16,17). The van der Waals surface area contributed by atoms with Crippen LogP contribution in [0.4, 0.5) is 17.2 Å². The third-order valence-corrected chi connectivity index (χ3v) is 3.18. The lowest BCUT2D eigenvalue weighted by molar-refractivity contribution is 0.122. The third kappa shape index (κ3) is 3.03. The predicted molar refractivity (Wildman–Crippen MR) is 77.0 cm³/mol. The topological polar surface area (TPSA) is 37.4 Å². The van der Waals surface area contributed by atoms with Crippen molar-refractivity contribution in [3.63, 3.8) is 0 Å². The smallest absolute Gasteiger partial charge is 0.130 e. The highest BCUT2D eigenvalue weighted by Gasteiger charge is 2.10. The molecule has 0 spiro atoms. The quantitative estimate of drug-likeness (QED) is 0.915. The third-order valence-electron chi connectivity index (χ3n) is 3.18. The van der Waals surface area contributed by atoms with E-state index in [4.69, 9.17) is 4.74 Å². The summed E-state index contributed by atoms with van der Waals surface area (Å²) in [6.45, 7) is 3.56. The Balaban J connectivity index is 1.68. The van der Waals surface area contributed by atoms with Gasteiger partial charge in [-0.2, -0.15) is 0 Å². The molecule has 2 heterocycles. The number of ether oxygens (including phenoxy) is 1. The lowest BCUT2D eigenvalue weighted by Crippen LogP contribution is -2.36. The Bertz CT molecular complexity index is 507. The fourth-order valence-electron chi connectivity index (χ4n) is 2.16. The minimum absolute atomic E-state index is 0.813. The molecule has 1 aromatic carbocycles. The van der Waals surface area contributed by atoms with Gasteiger partial charge in [0.1, 0.15) is 5.82 Å². The summed E-state index contributed by atoms with van der Waals surface area (Å²) in [6, 6.07) is 14.3. The molecule has 1 fully saturated rings. The number of aromatic nitrogens is 1. The van der Waals surface area contributed by atoms with E-state index in [0.29, 0.717) is 0 Å². The van der Waals surface area contributed by atoms with E-state index in [0.717, 1.165) is 37.8 Å². The van der Waals surface area contributed by atoms with Crippen LogP contribution in [0.1, 0.15) is 0 Å². The van der Waals surface area contributed by atoms with E-state index in [9.17, 15) is 0 Å². The van der Waals surface area contributed by atoms with Crippen LogP contribution < -0.4 is 10.2 Å². The van der Waals surface area contributed by atoms with Crippen LogP contribution in [0.25, 0.3) is 0 Å². The lowest BCUT2D eigenvalue weighted by atomic mass is 10.2. The molecule has 0 unspecified atom stereocenters. The molecule has 1 aliphatic rings. The SMILES string of the molecule is c1ccc(Nc2ccc(N3CCOCC3)cc2)nc1. The average molecular weight is 255 g/mol. The molecule has 1 aliphatic heterocycles. The predicted octanol–water partition coefficient (Wildman–Crippen LogP) is 2.66. The number of nitrogens with one attached hydrogen (secondary N) is 1. The molecule has 0 saturated carbocycles. The zero-order valence-corrected chi connectivity index (χ0v) is 10.7. The molecule has 0 radical (unpaired) electrons. The van der Waals surface area contributed by atoms with E-state index < -0.39 is 0 Å². The van der Waals surface area contributed by atoms with Crippen LogP contribution in [0.2, 0.25) is 0 Å². The zero-order chi connectivity index (χ0) is 12.9. The number of anilines is 3. The minimum Gasteiger partial charge on any atom is -0.378 e. The average Bonchev–Trinajstić information content (AvgIpc) is 2.50. The van der Waals surface area contributed by atoms with E-state index in [1.165, 1.54) is 5.69 Å². The van der Waals surface area contributed by atoms with Crippen molar-refractivity contribution in [3.05, 3.63) is 48.7 Å². The maximum Gasteiger partial charge on any atom is 0.130 e. The first-order chi connectivity index (χ1) is 9.42. The molecule has 4 heteroatoms. The van der Waals surface area contributed by atoms with Crippen molar-refractivity contribution in [1.29, 1.82) is 0 Å². The normalized spacial score (nSPS) is 15.3. The van der Waals surface area contributed by atoms with Crippen molar-refractivity contribution in [2.75, 3.05) is 36.5 Å². The molecular formula is C15H17N3O. The fraction of sp³-hybridized carbons (Fsp3) is 0.267. The highest BCUT2D eigenvalue weighted by atomic mass is 16.5. The van der Waals surface area contributed by atoms with E-state index in [2.05, 4.69) is 39.5 Å². The maximum absolute atomic E-state index is 5.36. The highest BCUT2D eigenvalue weighted by molar-refractivity contribution is 5.60. The molecule has 0 atom stereocenters. The van der Waals surface area contributed by atoms with E-state index in [1.54, 1.807) is 6.20 Å². The van der Waals surface area contributed by atoms with Crippen molar-refractivity contribution in [3.8, 4) is 0 Å². The van der Waals surface area contributed by atoms with Gasteiger partial charge in [-0.25, -0.2) is 4.98 Å². The van der Waals surface area contributed by atoms with Crippen molar-refractivity contribution in [1.82, 2.24) is 4.98 Å². The molecule has 1 aromatic heterocycles. The van der Waals surface area contributed by atoms with Gasteiger partial charge < -0.3 is 15.0 Å². The van der Waals surface area contributed by atoms with Gasteiger partial charge in [0.2, 0.25) is 0 Å². The molecule has 0 aliphatic carbocycles. The number of morpholine rings is 1. The molecule has 1 N–H and O–H groups in total. The molecule has 1 saturated heterocycles. The highest BCUT2D eigenvalue weighted by Crippen LogP contribution is 2.20. The Morgan fingerprint density at radius 2 is 1.79 bits per heavy atom. The summed E-state index contributed by atoms with van der Waals surface area (Å²) < 4.78 is 5.36. The summed E-state index contributed by atoms with van der Waals surface area (Å²) in [4.78, 5) is 6.59. The van der Waals surface area contributed by atoms with Crippen LogP contribution in [0.5, 0.6) is 0 Å². The van der Waals surface area contributed by atoms with Crippen LogP contribution in [0.15, 0.2) is 48.7 Å². The summed E-state index contributed by atoms with van der Waals surface area (Å²) in [6.07, 6.45) is 1.78. The first kappa shape index (κ1) is 12.0. The van der Waals surface area contributed by atoms with E-state index >= 15 is 0 Å². The van der Waals surface area contributed by atoms with Crippen molar-refractivity contribution in [2.24, 2.45) is 0 Å². The number of hydrogen-bond donors (Lipinski definition) is 1. The molecule has 98 valence electrons. The first-order valence-corrected chi connectivity index (χ1v) is 6.53. The summed E-state index contributed by atoms with van der Waals surface area (Å²) in [5.41, 5.74) is 2.30. The molecule has 19 heavy (non-hydrogen) atoms. The van der Waals surface area contributed by atoms with Crippen LogP contribution in [0.3, 0.4) is 0 Å². The Morgan fingerprint density at radius 3 is 2.47 bits per heavy atom. The van der Waals surface area contributed by atoms with Crippen LogP contribution in [0, 0.1) is 0 Å². The van der Waals surface area contributed by atoms with Gasteiger partial charge in [0.05, 0.1) is 13.2 Å². The maximum atomic E-state index is 5.36. The molecule has 3 rings (SSSR count). The summed E-state index contributed by atoms with van der Waals surface area (Å²) in [7, 11) is 0. The second kappa shape index (κ2) is 5.71. The number of hydrogen-bond acceptors (Lipinski definition) is 4. The molecular weight excluding hydrogens is 238 g/mol. The van der Waals surface area contributed by atoms with E-state index in [-0.39, 0.29) is 0 Å². The van der Waals surface area contributed by atoms with Crippen molar-refractivity contribution >= 4 is 17.2 Å². The van der Waals surface area contributed by atoms with E-state index in [1.807, 2.05) is 18.2 Å². The fourth-order valence-corrected chi connectivity index (χ4v) is 2.16. The number of nitrogens with zero attached hydrogens (tertiary/aromatic N) is 2. The zero-order valence-electron chi connectivity index (χ0n) is 10.7. The van der Waals surface area contributed by atoms with Crippen molar-refractivity contribution < 1.29 is 4.74 Å². The van der Waals surface area contributed by atoms with Crippen LogP contribution in [-0.4, -0.2) is 31.3 Å². The van der Waals surface area contributed by atoms with Crippen LogP contribution in [-0.2, 0) is 4.74 Å². The molecule has 0 amide bonds. The van der Waals surface area contributed by atoms with Crippen molar-refractivity contribution in [2.45, 2.75) is 0 Å². The number of benzene rings is 1. The summed E-state index contributed by atoms with van der Waals surface area (Å²) >= 11 is 0. The summed E-state index contributed by atoms with van der Waals surface area (Å²) in [5, 5.41) is 3.28. The van der Waals surface area contributed by atoms with Gasteiger partial charge in [-0.3, -0.25) is 0 Å².